The van der Waals surface area contributed by atoms with Gasteiger partial charge in [0.15, 0.2) is 0 Å². The van der Waals surface area contributed by atoms with Crippen molar-refractivity contribution in [2.75, 3.05) is 25.1 Å². The Morgan fingerprint density at radius 1 is 1.11 bits per heavy atom. The zero-order valence-corrected chi connectivity index (χ0v) is 11.1. The van der Waals surface area contributed by atoms with Crippen molar-refractivity contribution >= 4 is 16.6 Å². The van der Waals surface area contributed by atoms with Crippen LogP contribution in [0.25, 0.3) is 10.9 Å². The zero-order chi connectivity index (χ0) is 13.0. The van der Waals surface area contributed by atoms with Crippen LogP contribution in [0.4, 0.5) is 5.69 Å². The molecule has 2 heterocycles. The summed E-state index contributed by atoms with van der Waals surface area (Å²) in [5.41, 5.74) is 3.59. The van der Waals surface area contributed by atoms with Gasteiger partial charge in [-0.3, -0.25) is 4.98 Å². The smallest absolute Gasteiger partial charge is 0.0726 e. The summed E-state index contributed by atoms with van der Waals surface area (Å²) in [6.45, 7) is 4.45. The van der Waals surface area contributed by atoms with E-state index in [2.05, 4.69) is 47.1 Å². The number of anilines is 1. The number of fused-ring (bicyclic) bond motifs is 1. The molecule has 0 spiro atoms. The number of hydrogen-bond acceptors (Lipinski definition) is 3. The van der Waals surface area contributed by atoms with E-state index in [0.717, 1.165) is 18.3 Å². The van der Waals surface area contributed by atoms with E-state index in [1.807, 2.05) is 0 Å². The second-order valence-electron chi connectivity index (χ2n) is 4.49. The lowest BCUT2D eigenvalue weighted by Gasteiger charge is -2.20. The SMILES string of the molecule is CO.Cc1cc(N2CCCC2)c2ccccc2n1. The van der Waals surface area contributed by atoms with Crippen LogP contribution in [0.15, 0.2) is 30.3 Å². The monoisotopic (exact) mass is 244 g/mol. The minimum Gasteiger partial charge on any atom is -0.400 e. The van der Waals surface area contributed by atoms with E-state index >= 15 is 0 Å². The van der Waals surface area contributed by atoms with E-state index < -0.39 is 0 Å². The van der Waals surface area contributed by atoms with E-state index in [9.17, 15) is 0 Å². The van der Waals surface area contributed by atoms with Crippen molar-refractivity contribution in [3.63, 3.8) is 0 Å². The number of rotatable bonds is 1. The van der Waals surface area contributed by atoms with Gasteiger partial charge in [-0.15, -0.1) is 0 Å². The summed E-state index contributed by atoms with van der Waals surface area (Å²) in [5.74, 6) is 0. The average Bonchev–Trinajstić information content (AvgIpc) is 2.94. The first-order valence-electron chi connectivity index (χ1n) is 6.41. The molecule has 1 aromatic carbocycles. The maximum absolute atomic E-state index is 7.00. The molecular formula is C15H20N2O. The van der Waals surface area contributed by atoms with Crippen molar-refractivity contribution in [1.82, 2.24) is 4.98 Å². The van der Waals surface area contributed by atoms with Crippen molar-refractivity contribution in [2.45, 2.75) is 19.8 Å². The van der Waals surface area contributed by atoms with E-state index in [1.54, 1.807) is 0 Å². The number of nitrogens with zero attached hydrogens (tertiary/aromatic N) is 2. The maximum Gasteiger partial charge on any atom is 0.0726 e. The van der Waals surface area contributed by atoms with E-state index in [1.165, 1.54) is 37.0 Å². The third kappa shape index (κ3) is 2.46. The summed E-state index contributed by atoms with van der Waals surface area (Å²) in [6.07, 6.45) is 2.63. The number of hydrogen-bond donors (Lipinski definition) is 1. The topological polar surface area (TPSA) is 36.4 Å². The first-order valence-corrected chi connectivity index (χ1v) is 6.41. The third-order valence-electron chi connectivity index (χ3n) is 3.27. The molecule has 0 amide bonds. The molecule has 1 saturated heterocycles. The van der Waals surface area contributed by atoms with Crippen molar-refractivity contribution in [2.24, 2.45) is 0 Å². The second-order valence-corrected chi connectivity index (χ2v) is 4.49. The number of aliphatic hydroxyl groups is 1. The lowest BCUT2D eigenvalue weighted by Crippen LogP contribution is -2.18. The average molecular weight is 244 g/mol. The fourth-order valence-electron chi connectivity index (χ4n) is 2.51. The number of aliphatic hydroxyl groups excluding tert-OH is 1. The number of benzene rings is 1. The fourth-order valence-corrected chi connectivity index (χ4v) is 2.51. The molecule has 3 rings (SSSR count). The van der Waals surface area contributed by atoms with Gasteiger partial charge in [0, 0.05) is 37.0 Å². The molecule has 0 saturated carbocycles. The first kappa shape index (κ1) is 12.8. The molecule has 1 N–H and O–H groups in total. The predicted octanol–water partition coefficient (Wildman–Crippen LogP) is 2.75. The number of pyridine rings is 1. The van der Waals surface area contributed by atoms with Gasteiger partial charge in [0.25, 0.3) is 0 Å². The molecule has 1 fully saturated rings. The van der Waals surface area contributed by atoms with Gasteiger partial charge in [-0.05, 0) is 31.9 Å². The van der Waals surface area contributed by atoms with Crippen LogP contribution in [0.2, 0.25) is 0 Å². The zero-order valence-electron chi connectivity index (χ0n) is 11.1. The normalized spacial score (nSPS) is 14.5. The van der Waals surface area contributed by atoms with Gasteiger partial charge in [0.05, 0.1) is 5.52 Å². The molecule has 1 aliphatic rings. The van der Waals surface area contributed by atoms with Crippen LogP contribution in [-0.2, 0) is 0 Å². The standard InChI is InChI=1S/C14H16N2.CH4O/c1-11-10-14(16-8-4-5-9-16)12-6-2-3-7-13(12)15-11;1-2/h2-3,6-7,10H,4-5,8-9H2,1H3;2H,1H3. The third-order valence-corrected chi connectivity index (χ3v) is 3.27. The number of para-hydroxylation sites is 1. The fraction of sp³-hybridized carbons (Fsp3) is 0.400. The summed E-state index contributed by atoms with van der Waals surface area (Å²) in [6, 6.07) is 10.6. The Kier molecular flexibility index (Phi) is 4.15. The van der Waals surface area contributed by atoms with Crippen LogP contribution < -0.4 is 4.90 Å². The lowest BCUT2D eigenvalue weighted by molar-refractivity contribution is 0.399. The van der Waals surface area contributed by atoms with Crippen molar-refractivity contribution in [3.8, 4) is 0 Å². The van der Waals surface area contributed by atoms with Crippen molar-refractivity contribution < 1.29 is 5.11 Å². The van der Waals surface area contributed by atoms with Crippen molar-refractivity contribution in [3.05, 3.63) is 36.0 Å². The van der Waals surface area contributed by atoms with Crippen LogP contribution in [0.3, 0.4) is 0 Å². The molecule has 1 aliphatic heterocycles. The Labute approximate surface area is 108 Å². The molecule has 3 nitrogen and oxygen atoms in total. The molecule has 0 aliphatic carbocycles. The molecule has 1 aromatic heterocycles. The second kappa shape index (κ2) is 5.83. The Hall–Kier alpha value is -1.61. The van der Waals surface area contributed by atoms with E-state index in [0.29, 0.717) is 0 Å². The highest BCUT2D eigenvalue weighted by atomic mass is 16.2. The molecule has 0 atom stereocenters. The van der Waals surface area contributed by atoms with Crippen LogP contribution in [-0.4, -0.2) is 30.3 Å². The van der Waals surface area contributed by atoms with Crippen LogP contribution in [0.5, 0.6) is 0 Å². The molecule has 0 unspecified atom stereocenters. The largest absolute Gasteiger partial charge is 0.400 e. The molecule has 96 valence electrons. The Balaban J connectivity index is 0.000000574. The van der Waals surface area contributed by atoms with Crippen molar-refractivity contribution in [1.29, 1.82) is 0 Å². The minimum absolute atomic E-state index is 1.00. The number of aromatic nitrogens is 1. The highest BCUT2D eigenvalue weighted by molar-refractivity contribution is 5.92. The van der Waals surface area contributed by atoms with Gasteiger partial charge in [0.1, 0.15) is 0 Å². The summed E-state index contributed by atoms with van der Waals surface area (Å²) in [4.78, 5) is 7.06. The van der Waals surface area contributed by atoms with Gasteiger partial charge >= 0.3 is 0 Å². The molecular weight excluding hydrogens is 224 g/mol. The predicted molar refractivity (Wildman–Crippen MR) is 76.1 cm³/mol. The first-order chi connectivity index (χ1) is 8.84. The van der Waals surface area contributed by atoms with E-state index in [-0.39, 0.29) is 0 Å². The summed E-state index contributed by atoms with van der Waals surface area (Å²) < 4.78 is 0. The molecule has 18 heavy (non-hydrogen) atoms. The number of aryl methyl sites for hydroxylation is 1. The molecule has 3 heteroatoms. The lowest BCUT2D eigenvalue weighted by atomic mass is 10.1. The Morgan fingerprint density at radius 3 is 2.50 bits per heavy atom. The molecule has 2 aromatic rings. The maximum atomic E-state index is 7.00. The quantitative estimate of drug-likeness (QED) is 0.838. The molecule has 0 bridgehead atoms. The van der Waals surface area contributed by atoms with E-state index in [4.69, 9.17) is 5.11 Å². The van der Waals surface area contributed by atoms with Gasteiger partial charge in [-0.25, -0.2) is 0 Å². The van der Waals surface area contributed by atoms with Crippen LogP contribution in [0.1, 0.15) is 18.5 Å². The Morgan fingerprint density at radius 2 is 1.78 bits per heavy atom. The van der Waals surface area contributed by atoms with Crippen LogP contribution in [0, 0.1) is 6.92 Å². The minimum atomic E-state index is 1.00. The summed E-state index contributed by atoms with van der Waals surface area (Å²) >= 11 is 0. The van der Waals surface area contributed by atoms with Crippen LogP contribution >= 0.6 is 0 Å². The Bertz CT molecular complexity index is 519. The highest BCUT2D eigenvalue weighted by Crippen LogP contribution is 2.28. The van der Waals surface area contributed by atoms with Gasteiger partial charge in [-0.2, -0.15) is 0 Å². The van der Waals surface area contributed by atoms with Gasteiger partial charge in [-0.1, -0.05) is 18.2 Å². The highest BCUT2D eigenvalue weighted by Gasteiger charge is 2.15. The molecule has 0 radical (unpaired) electrons. The van der Waals surface area contributed by atoms with Gasteiger partial charge < -0.3 is 10.0 Å². The summed E-state index contributed by atoms with van der Waals surface area (Å²) in [7, 11) is 1.00. The van der Waals surface area contributed by atoms with Gasteiger partial charge in [0.2, 0.25) is 0 Å². The summed E-state index contributed by atoms with van der Waals surface area (Å²) in [5, 5.41) is 8.29.